The van der Waals surface area contributed by atoms with Crippen molar-refractivity contribution in [2.24, 2.45) is 0 Å². The molecule has 0 spiro atoms. The van der Waals surface area contributed by atoms with Crippen LogP contribution in [0.15, 0.2) is 53.8 Å². The molecule has 1 saturated heterocycles. The highest BCUT2D eigenvalue weighted by Crippen LogP contribution is 2.41. The summed E-state index contributed by atoms with van der Waals surface area (Å²) in [6.45, 7) is 1.95. The molecule has 2 aliphatic heterocycles. The van der Waals surface area contributed by atoms with E-state index in [2.05, 4.69) is 9.97 Å². The van der Waals surface area contributed by atoms with Crippen molar-refractivity contribution >= 4 is 27.0 Å². The van der Waals surface area contributed by atoms with E-state index in [-0.39, 0.29) is 40.5 Å². The Labute approximate surface area is 207 Å². The molecule has 3 aromatic rings. The third-order valence-corrected chi connectivity index (χ3v) is 8.22. The summed E-state index contributed by atoms with van der Waals surface area (Å²) < 4.78 is 51.8. The van der Waals surface area contributed by atoms with E-state index >= 15 is 0 Å². The molecule has 2 unspecified atom stereocenters. The summed E-state index contributed by atoms with van der Waals surface area (Å²) in [6.07, 6.45) is 10.6. The van der Waals surface area contributed by atoms with Crippen LogP contribution in [0.3, 0.4) is 0 Å². The fourth-order valence-electron chi connectivity index (χ4n) is 4.90. The molecule has 1 aliphatic carbocycles. The summed E-state index contributed by atoms with van der Waals surface area (Å²) in [5.74, 6) is -0.309. The van der Waals surface area contributed by atoms with Crippen LogP contribution in [-0.4, -0.2) is 64.0 Å². The number of amides is 1. The molecule has 2 fully saturated rings. The van der Waals surface area contributed by atoms with E-state index in [0.29, 0.717) is 29.8 Å². The zero-order chi connectivity index (χ0) is 25.2. The number of sulfone groups is 1. The number of fused-ring (bicyclic) bond motifs is 3. The Balaban J connectivity index is 1.22. The number of rotatable bonds is 5. The van der Waals surface area contributed by atoms with Crippen molar-refractivity contribution in [2.45, 2.75) is 61.3 Å². The van der Waals surface area contributed by atoms with Crippen molar-refractivity contribution in [3.8, 4) is 11.6 Å². The number of aromatic nitrogens is 3. The van der Waals surface area contributed by atoms with E-state index in [9.17, 15) is 17.6 Å². The van der Waals surface area contributed by atoms with Crippen molar-refractivity contribution in [2.75, 3.05) is 6.26 Å². The highest BCUT2D eigenvalue weighted by molar-refractivity contribution is 7.90. The van der Waals surface area contributed by atoms with Crippen LogP contribution in [0.1, 0.15) is 32.6 Å². The second kappa shape index (κ2) is 8.02. The Bertz CT molecular complexity index is 1500. The molecule has 4 heterocycles. The first-order chi connectivity index (χ1) is 17.1. The molecule has 1 aromatic carbocycles. The van der Waals surface area contributed by atoms with Crippen LogP contribution in [0.2, 0.25) is 0 Å². The molecule has 2 bridgehead atoms. The lowest BCUT2D eigenvalue weighted by atomic mass is 9.99. The Morgan fingerprint density at radius 2 is 1.86 bits per heavy atom. The standard InChI is InChI=1S/C25H25FN4O5S/c1-25(8-9-25)35-24(31)30-15-3-4-16(30)12-17(11-15)34-23-19-7-10-29(22(19)27-14-28-23)21-6-5-18(13-20(21)26)36(2,32)33/h3-7,10,13-17H,8-9,11-12H2,1-2H3. The Hall–Kier alpha value is -3.47. The quantitative estimate of drug-likeness (QED) is 0.479. The molecule has 36 heavy (non-hydrogen) atoms. The van der Waals surface area contributed by atoms with Gasteiger partial charge in [-0.05, 0) is 44.0 Å². The molecular formula is C25H25FN4O5S. The first-order valence-electron chi connectivity index (χ1n) is 11.8. The highest BCUT2D eigenvalue weighted by atomic mass is 32.2. The SMILES string of the molecule is CC1(OC(=O)N2C3C=CC2CC(Oc2ncnc4c2ccn4-c2ccc(S(C)(=O)=O)cc2F)C3)CC1. The smallest absolute Gasteiger partial charge is 0.411 e. The number of hydrogen-bond acceptors (Lipinski definition) is 7. The molecule has 6 rings (SSSR count). The number of hydrogen-bond donors (Lipinski definition) is 0. The lowest BCUT2D eigenvalue weighted by Gasteiger charge is -2.38. The van der Waals surface area contributed by atoms with Gasteiger partial charge in [-0.3, -0.25) is 9.47 Å². The lowest BCUT2D eigenvalue weighted by molar-refractivity contribution is 0.0171. The van der Waals surface area contributed by atoms with Gasteiger partial charge >= 0.3 is 6.09 Å². The van der Waals surface area contributed by atoms with Crippen molar-refractivity contribution in [1.29, 1.82) is 0 Å². The molecule has 2 atom stereocenters. The number of benzene rings is 1. The van der Waals surface area contributed by atoms with Crippen LogP contribution < -0.4 is 4.74 Å². The lowest BCUT2D eigenvalue weighted by Crippen LogP contribution is -2.50. The van der Waals surface area contributed by atoms with Crippen molar-refractivity contribution in [3.63, 3.8) is 0 Å². The van der Waals surface area contributed by atoms with Gasteiger partial charge in [0.05, 0.1) is 28.1 Å². The normalized spacial score (nSPS) is 24.2. The molecule has 11 heteroatoms. The number of piperidine rings is 1. The number of carbonyl (C=O) groups excluding carboxylic acids is 1. The van der Waals surface area contributed by atoms with Crippen LogP contribution in [-0.2, 0) is 14.6 Å². The molecular weight excluding hydrogens is 487 g/mol. The predicted octanol–water partition coefficient (Wildman–Crippen LogP) is 3.80. The zero-order valence-corrected chi connectivity index (χ0v) is 20.6. The van der Waals surface area contributed by atoms with Gasteiger partial charge in [-0.15, -0.1) is 0 Å². The largest absolute Gasteiger partial charge is 0.474 e. The van der Waals surface area contributed by atoms with Gasteiger partial charge < -0.3 is 9.47 Å². The van der Waals surface area contributed by atoms with E-state index < -0.39 is 15.7 Å². The van der Waals surface area contributed by atoms with Crippen LogP contribution in [0.25, 0.3) is 16.7 Å². The molecule has 9 nitrogen and oxygen atoms in total. The van der Waals surface area contributed by atoms with Gasteiger partial charge in [-0.25, -0.2) is 27.6 Å². The monoisotopic (exact) mass is 512 g/mol. The van der Waals surface area contributed by atoms with E-state index in [4.69, 9.17) is 9.47 Å². The summed E-state index contributed by atoms with van der Waals surface area (Å²) in [7, 11) is -3.53. The Kier molecular flexibility index (Phi) is 5.12. The second-order valence-electron chi connectivity index (χ2n) is 9.94. The van der Waals surface area contributed by atoms with Crippen LogP contribution in [0.5, 0.6) is 5.88 Å². The van der Waals surface area contributed by atoms with E-state index in [1.165, 1.54) is 23.0 Å². The van der Waals surface area contributed by atoms with Gasteiger partial charge in [-0.1, -0.05) is 12.2 Å². The van der Waals surface area contributed by atoms with Gasteiger partial charge in [0.1, 0.15) is 23.8 Å². The number of halogens is 1. The third kappa shape index (κ3) is 4.01. The van der Waals surface area contributed by atoms with Gasteiger partial charge in [0.25, 0.3) is 0 Å². The average Bonchev–Trinajstić information content (AvgIpc) is 3.26. The summed E-state index contributed by atoms with van der Waals surface area (Å²) in [6, 6.07) is 5.31. The fraction of sp³-hybridized carbons (Fsp3) is 0.400. The molecule has 188 valence electrons. The van der Waals surface area contributed by atoms with Crippen molar-refractivity contribution in [3.05, 3.63) is 54.8 Å². The van der Waals surface area contributed by atoms with Crippen molar-refractivity contribution in [1.82, 2.24) is 19.4 Å². The maximum atomic E-state index is 14.8. The van der Waals surface area contributed by atoms with Gasteiger partial charge in [-0.2, -0.15) is 0 Å². The minimum atomic E-state index is -3.53. The minimum Gasteiger partial charge on any atom is -0.474 e. The first kappa shape index (κ1) is 23.0. The molecule has 0 radical (unpaired) electrons. The molecule has 1 saturated carbocycles. The topological polar surface area (TPSA) is 104 Å². The summed E-state index contributed by atoms with van der Waals surface area (Å²) in [5, 5.41) is 0.605. The Morgan fingerprint density at radius 3 is 2.50 bits per heavy atom. The van der Waals surface area contributed by atoms with Crippen LogP contribution in [0, 0.1) is 5.82 Å². The van der Waals surface area contributed by atoms with Gasteiger partial charge in [0, 0.05) is 25.3 Å². The Morgan fingerprint density at radius 1 is 1.14 bits per heavy atom. The molecule has 0 N–H and O–H groups in total. The van der Waals surface area contributed by atoms with Gasteiger partial charge in [0.15, 0.2) is 15.5 Å². The summed E-state index contributed by atoms with van der Waals surface area (Å²) >= 11 is 0. The molecule has 3 aliphatic rings. The van der Waals surface area contributed by atoms with Crippen LogP contribution >= 0.6 is 0 Å². The van der Waals surface area contributed by atoms with E-state index in [1.807, 2.05) is 19.1 Å². The predicted molar refractivity (Wildman–Crippen MR) is 128 cm³/mol. The summed E-state index contributed by atoms with van der Waals surface area (Å²) in [5.41, 5.74) is 0.278. The third-order valence-electron chi connectivity index (χ3n) is 7.11. The molecule has 1 amide bonds. The fourth-order valence-corrected chi connectivity index (χ4v) is 5.54. The van der Waals surface area contributed by atoms with E-state index in [0.717, 1.165) is 25.2 Å². The average molecular weight is 513 g/mol. The maximum Gasteiger partial charge on any atom is 0.411 e. The van der Waals surface area contributed by atoms with Crippen molar-refractivity contribution < 1.29 is 27.1 Å². The maximum absolute atomic E-state index is 14.8. The first-order valence-corrected chi connectivity index (χ1v) is 13.7. The molecule has 2 aromatic heterocycles. The van der Waals surface area contributed by atoms with Crippen LogP contribution in [0.4, 0.5) is 9.18 Å². The van der Waals surface area contributed by atoms with Gasteiger partial charge in [0.2, 0.25) is 5.88 Å². The minimum absolute atomic E-state index is 0.0939. The highest BCUT2D eigenvalue weighted by Gasteiger charge is 2.47. The number of ether oxygens (including phenoxy) is 2. The second-order valence-corrected chi connectivity index (χ2v) is 12.0. The zero-order valence-electron chi connectivity index (χ0n) is 19.8. The summed E-state index contributed by atoms with van der Waals surface area (Å²) in [4.78, 5) is 23.0. The number of nitrogens with zero attached hydrogens (tertiary/aromatic N) is 4. The van der Waals surface area contributed by atoms with E-state index in [1.54, 1.807) is 17.2 Å². The number of carbonyl (C=O) groups is 1.